The summed E-state index contributed by atoms with van der Waals surface area (Å²) in [6.45, 7) is 6.59. The first kappa shape index (κ1) is 9.01. The van der Waals surface area contributed by atoms with Gasteiger partial charge in [0.05, 0.1) is 12.7 Å². The van der Waals surface area contributed by atoms with Gasteiger partial charge < -0.3 is 9.64 Å². The van der Waals surface area contributed by atoms with E-state index in [1.165, 1.54) is 12.8 Å². The van der Waals surface area contributed by atoms with Crippen molar-refractivity contribution < 1.29 is 4.74 Å². The van der Waals surface area contributed by atoms with E-state index in [2.05, 4.69) is 25.8 Å². The summed E-state index contributed by atoms with van der Waals surface area (Å²) in [5, 5.41) is 0. The zero-order valence-corrected chi connectivity index (χ0v) is 7.84. The molecule has 1 heterocycles. The first-order valence-electron chi connectivity index (χ1n) is 4.59. The summed E-state index contributed by atoms with van der Waals surface area (Å²) in [7, 11) is 2.19. The Bertz CT molecular complexity index is 108. The molecule has 0 aromatic rings. The van der Waals surface area contributed by atoms with E-state index < -0.39 is 0 Å². The third kappa shape index (κ3) is 2.80. The summed E-state index contributed by atoms with van der Waals surface area (Å²) in [5.74, 6) is 0. The van der Waals surface area contributed by atoms with Gasteiger partial charge in [-0.15, -0.1) is 0 Å². The first-order valence-corrected chi connectivity index (χ1v) is 4.59. The Morgan fingerprint density at radius 3 is 2.36 bits per heavy atom. The normalized spacial score (nSPS) is 23.2. The second kappa shape index (κ2) is 4.07. The molecule has 1 aliphatic heterocycles. The SMILES string of the molecule is CCC(CC)N(C)CC1CO1. The molecule has 2 nitrogen and oxygen atoms in total. The number of nitrogens with zero attached hydrogens (tertiary/aromatic N) is 1. The molecule has 2 heteroatoms. The third-order valence-corrected chi connectivity index (χ3v) is 2.46. The molecule has 0 spiro atoms. The Kier molecular flexibility index (Phi) is 3.34. The van der Waals surface area contributed by atoms with Crippen LogP contribution >= 0.6 is 0 Å². The summed E-state index contributed by atoms with van der Waals surface area (Å²) < 4.78 is 5.18. The average molecular weight is 157 g/mol. The Hall–Kier alpha value is -0.0800. The van der Waals surface area contributed by atoms with Gasteiger partial charge in [0, 0.05) is 12.6 Å². The second-order valence-electron chi connectivity index (χ2n) is 3.37. The minimum Gasteiger partial charge on any atom is -0.372 e. The summed E-state index contributed by atoms with van der Waals surface area (Å²) >= 11 is 0. The van der Waals surface area contributed by atoms with Crippen LogP contribution in [-0.4, -0.2) is 37.2 Å². The standard InChI is InChI=1S/C9H19NO/c1-4-8(5-2)10(3)6-9-7-11-9/h8-9H,4-7H2,1-3H3. The van der Waals surface area contributed by atoms with Gasteiger partial charge in [0.15, 0.2) is 0 Å². The summed E-state index contributed by atoms with van der Waals surface area (Å²) in [4.78, 5) is 2.41. The highest BCUT2D eigenvalue weighted by molar-refractivity contribution is 4.76. The molecule has 0 aliphatic carbocycles. The lowest BCUT2D eigenvalue weighted by Crippen LogP contribution is -2.33. The fraction of sp³-hybridized carbons (Fsp3) is 1.00. The molecule has 1 saturated heterocycles. The van der Waals surface area contributed by atoms with E-state index in [1.807, 2.05) is 0 Å². The lowest BCUT2D eigenvalue weighted by Gasteiger charge is -2.24. The van der Waals surface area contributed by atoms with Crippen LogP contribution in [0.4, 0.5) is 0 Å². The predicted molar refractivity (Wildman–Crippen MR) is 46.7 cm³/mol. The summed E-state index contributed by atoms with van der Waals surface area (Å²) in [6, 6.07) is 0.749. The van der Waals surface area contributed by atoms with Crippen LogP contribution in [0.1, 0.15) is 26.7 Å². The van der Waals surface area contributed by atoms with Gasteiger partial charge in [0.25, 0.3) is 0 Å². The van der Waals surface area contributed by atoms with E-state index in [4.69, 9.17) is 4.74 Å². The van der Waals surface area contributed by atoms with Crippen molar-refractivity contribution in [1.29, 1.82) is 0 Å². The molecule has 1 unspecified atom stereocenters. The van der Waals surface area contributed by atoms with E-state index in [-0.39, 0.29) is 0 Å². The zero-order chi connectivity index (χ0) is 8.27. The Labute approximate surface area is 69.5 Å². The molecule has 1 rings (SSSR count). The molecule has 1 fully saturated rings. The lowest BCUT2D eigenvalue weighted by atomic mass is 10.1. The van der Waals surface area contributed by atoms with E-state index >= 15 is 0 Å². The van der Waals surface area contributed by atoms with Crippen LogP contribution in [0.5, 0.6) is 0 Å². The number of likely N-dealkylation sites (N-methyl/N-ethyl adjacent to an activating group) is 1. The van der Waals surface area contributed by atoms with Crippen LogP contribution in [-0.2, 0) is 4.74 Å². The zero-order valence-electron chi connectivity index (χ0n) is 7.84. The van der Waals surface area contributed by atoms with Crippen molar-refractivity contribution in [1.82, 2.24) is 4.90 Å². The summed E-state index contributed by atoms with van der Waals surface area (Å²) in [6.07, 6.45) is 3.04. The molecule has 0 aromatic carbocycles. The maximum Gasteiger partial charge on any atom is 0.0936 e. The molecule has 0 radical (unpaired) electrons. The Morgan fingerprint density at radius 1 is 1.45 bits per heavy atom. The number of rotatable bonds is 5. The van der Waals surface area contributed by atoms with Crippen molar-refractivity contribution >= 4 is 0 Å². The Balaban J connectivity index is 2.18. The molecule has 1 aliphatic rings. The Morgan fingerprint density at radius 2 is 2.00 bits per heavy atom. The van der Waals surface area contributed by atoms with Crippen LogP contribution in [0.15, 0.2) is 0 Å². The average Bonchev–Trinajstić information content (AvgIpc) is 2.74. The maximum atomic E-state index is 5.18. The lowest BCUT2D eigenvalue weighted by molar-refractivity contribution is 0.208. The van der Waals surface area contributed by atoms with Gasteiger partial charge in [-0.25, -0.2) is 0 Å². The quantitative estimate of drug-likeness (QED) is 0.562. The van der Waals surface area contributed by atoms with Crippen molar-refractivity contribution in [2.24, 2.45) is 0 Å². The van der Waals surface area contributed by atoms with Gasteiger partial charge in [0.1, 0.15) is 0 Å². The minimum atomic E-state index is 0.542. The molecule has 66 valence electrons. The molecule has 0 N–H and O–H groups in total. The maximum absolute atomic E-state index is 5.18. The summed E-state index contributed by atoms with van der Waals surface area (Å²) in [5.41, 5.74) is 0. The molecule has 0 aromatic heterocycles. The van der Waals surface area contributed by atoms with E-state index in [9.17, 15) is 0 Å². The highest BCUT2D eigenvalue weighted by atomic mass is 16.6. The van der Waals surface area contributed by atoms with Crippen LogP contribution in [0.3, 0.4) is 0 Å². The van der Waals surface area contributed by atoms with Crippen molar-refractivity contribution in [2.45, 2.75) is 38.8 Å². The highest BCUT2D eigenvalue weighted by Gasteiger charge is 2.25. The monoisotopic (exact) mass is 157 g/mol. The van der Waals surface area contributed by atoms with Crippen molar-refractivity contribution in [3.8, 4) is 0 Å². The third-order valence-electron chi connectivity index (χ3n) is 2.46. The first-order chi connectivity index (χ1) is 5.27. The van der Waals surface area contributed by atoms with Crippen LogP contribution in [0.25, 0.3) is 0 Å². The highest BCUT2D eigenvalue weighted by Crippen LogP contribution is 2.13. The van der Waals surface area contributed by atoms with Gasteiger partial charge in [-0.3, -0.25) is 0 Å². The number of hydrogen-bond donors (Lipinski definition) is 0. The topological polar surface area (TPSA) is 15.8 Å². The number of epoxide rings is 1. The van der Waals surface area contributed by atoms with Crippen molar-refractivity contribution in [2.75, 3.05) is 20.2 Å². The smallest absolute Gasteiger partial charge is 0.0936 e. The number of hydrogen-bond acceptors (Lipinski definition) is 2. The van der Waals surface area contributed by atoms with Crippen LogP contribution in [0, 0.1) is 0 Å². The van der Waals surface area contributed by atoms with Crippen LogP contribution in [0.2, 0.25) is 0 Å². The van der Waals surface area contributed by atoms with E-state index in [1.54, 1.807) is 0 Å². The fourth-order valence-electron chi connectivity index (χ4n) is 1.56. The second-order valence-corrected chi connectivity index (χ2v) is 3.37. The minimum absolute atomic E-state index is 0.542. The van der Waals surface area contributed by atoms with Gasteiger partial charge >= 0.3 is 0 Å². The molecule has 0 amide bonds. The molecule has 11 heavy (non-hydrogen) atoms. The number of ether oxygens (including phenoxy) is 1. The van der Waals surface area contributed by atoms with Crippen LogP contribution < -0.4 is 0 Å². The van der Waals surface area contributed by atoms with Gasteiger partial charge in [-0.1, -0.05) is 13.8 Å². The molecule has 1 atom stereocenters. The fourth-order valence-corrected chi connectivity index (χ4v) is 1.56. The van der Waals surface area contributed by atoms with Crippen molar-refractivity contribution in [3.05, 3.63) is 0 Å². The molecule has 0 saturated carbocycles. The molecule has 0 bridgehead atoms. The van der Waals surface area contributed by atoms with E-state index in [0.29, 0.717) is 6.10 Å². The van der Waals surface area contributed by atoms with Gasteiger partial charge in [-0.05, 0) is 19.9 Å². The largest absolute Gasteiger partial charge is 0.372 e. The molecular formula is C9H19NO. The predicted octanol–water partition coefficient (Wildman–Crippen LogP) is 1.51. The van der Waals surface area contributed by atoms with Gasteiger partial charge in [-0.2, -0.15) is 0 Å². The van der Waals surface area contributed by atoms with Gasteiger partial charge in [0.2, 0.25) is 0 Å². The van der Waals surface area contributed by atoms with Crippen molar-refractivity contribution in [3.63, 3.8) is 0 Å². The molecular weight excluding hydrogens is 138 g/mol. The van der Waals surface area contributed by atoms with E-state index in [0.717, 1.165) is 19.2 Å².